The molecule has 249 valence electrons. The molecule has 0 amide bonds. The van der Waals surface area contributed by atoms with Crippen molar-refractivity contribution in [2.45, 2.75) is 25.7 Å². The Bertz CT molecular complexity index is 2170. The minimum atomic E-state index is 0. The van der Waals surface area contributed by atoms with Crippen LogP contribution in [-0.4, -0.2) is 45.7 Å². The van der Waals surface area contributed by atoms with Gasteiger partial charge in [-0.25, -0.2) is 9.98 Å². The van der Waals surface area contributed by atoms with E-state index in [0.717, 1.165) is 134 Å². The van der Waals surface area contributed by atoms with Crippen LogP contribution >= 0.6 is 0 Å². The fraction of sp³-hybridized carbons (Fsp3) is 0.100. The van der Waals surface area contributed by atoms with Crippen molar-refractivity contribution in [1.82, 2.24) is 0 Å². The summed E-state index contributed by atoms with van der Waals surface area (Å²) in [6.07, 6.45) is 43.9. The fourth-order valence-corrected chi connectivity index (χ4v) is 6.13. The summed E-state index contributed by atoms with van der Waals surface area (Å²) >= 11 is 1.06. The Balaban J connectivity index is 0.000000149. The van der Waals surface area contributed by atoms with Gasteiger partial charge in [-0.1, -0.05) is 12.2 Å². The third-order valence-electron chi connectivity index (χ3n) is 8.37. The van der Waals surface area contributed by atoms with Gasteiger partial charge in [0.1, 0.15) is 0 Å². The SMILES string of the molecule is C1=CC2=NC1=CC1=NC(=CC1)C=C1C=CC(=N1)CC1=NC(=C2)C=C1.C1=CC2=NC1=CC1=NC(=CC1)C=C1C=CC(=N1)CC1=NC(=C2)C=C1.[Ni].[O]=[V]. The van der Waals surface area contributed by atoms with E-state index < -0.39 is 0 Å². The van der Waals surface area contributed by atoms with Gasteiger partial charge in [0.2, 0.25) is 0 Å². The van der Waals surface area contributed by atoms with E-state index in [1.54, 1.807) is 0 Å². The zero-order chi connectivity index (χ0) is 33.9. The van der Waals surface area contributed by atoms with E-state index in [2.05, 4.69) is 64.2 Å². The molecular weight excluding hydrogens is 718 g/mol. The molecule has 0 saturated heterocycles. The predicted octanol–water partition coefficient (Wildman–Crippen LogP) is 7.48. The molecule has 0 atom stereocenters. The molecule has 16 bridgehead atoms. The van der Waals surface area contributed by atoms with Crippen LogP contribution in [0.4, 0.5) is 0 Å². The van der Waals surface area contributed by atoms with Gasteiger partial charge in [0, 0.05) is 76.4 Å². The van der Waals surface area contributed by atoms with Gasteiger partial charge in [-0.05, 0) is 109 Å². The van der Waals surface area contributed by atoms with Crippen molar-refractivity contribution in [2.24, 2.45) is 39.9 Å². The van der Waals surface area contributed by atoms with Crippen LogP contribution < -0.4 is 0 Å². The van der Waals surface area contributed by atoms with Crippen molar-refractivity contribution in [2.75, 3.05) is 0 Å². The average molecular weight is 746 g/mol. The summed E-state index contributed by atoms with van der Waals surface area (Å²) in [6, 6.07) is 0. The monoisotopic (exact) mass is 745 g/mol. The number of nitrogens with zero attached hydrogens (tertiary/aromatic N) is 8. The summed E-state index contributed by atoms with van der Waals surface area (Å²) in [5.74, 6) is 0. The van der Waals surface area contributed by atoms with Crippen LogP contribution in [-0.2, 0) is 37.5 Å². The summed E-state index contributed by atoms with van der Waals surface area (Å²) in [4.78, 5) is 37.2. The van der Waals surface area contributed by atoms with Crippen LogP contribution in [0, 0.1) is 0 Å². The predicted molar refractivity (Wildman–Crippen MR) is 198 cm³/mol. The van der Waals surface area contributed by atoms with Crippen LogP contribution in [0.5, 0.6) is 0 Å². The molecule has 10 rings (SSSR count). The molecule has 0 spiro atoms. The van der Waals surface area contributed by atoms with E-state index in [4.69, 9.17) is 3.67 Å². The molecule has 0 N–H and O–H groups in total. The summed E-state index contributed by atoms with van der Waals surface area (Å²) in [5.41, 5.74) is 15.5. The van der Waals surface area contributed by atoms with E-state index in [1.165, 1.54) is 0 Å². The quantitative estimate of drug-likeness (QED) is 0.235. The van der Waals surface area contributed by atoms with Crippen LogP contribution in [0.25, 0.3) is 0 Å². The molecule has 0 unspecified atom stereocenters. The molecule has 0 saturated carbocycles. The Hall–Kier alpha value is -5.40. The Morgan fingerprint density at radius 3 is 1.04 bits per heavy atom. The van der Waals surface area contributed by atoms with Gasteiger partial charge >= 0.3 is 21.0 Å². The molecule has 0 aromatic heterocycles. The van der Waals surface area contributed by atoms with E-state index in [0.29, 0.717) is 0 Å². The van der Waals surface area contributed by atoms with Crippen molar-refractivity contribution >= 4 is 45.7 Å². The first-order valence-electron chi connectivity index (χ1n) is 16.2. The Morgan fingerprint density at radius 2 is 0.647 bits per heavy atom. The normalized spacial score (nSPS) is 22.0. The van der Waals surface area contributed by atoms with Crippen molar-refractivity contribution in [3.63, 3.8) is 0 Å². The molecular formula is C40H28N8NiOV. The van der Waals surface area contributed by atoms with E-state index >= 15 is 0 Å². The summed E-state index contributed by atoms with van der Waals surface area (Å²) in [6.45, 7) is 0. The molecule has 11 heteroatoms. The van der Waals surface area contributed by atoms with Crippen LogP contribution in [0.15, 0.2) is 207 Å². The molecule has 0 aromatic carbocycles. The maximum absolute atomic E-state index is 8.19. The Morgan fingerprint density at radius 1 is 0.333 bits per heavy atom. The number of allylic oxidation sites excluding steroid dienone is 20. The second-order valence-electron chi connectivity index (χ2n) is 12.1. The van der Waals surface area contributed by atoms with Gasteiger partial charge in [-0.3, -0.25) is 30.0 Å². The summed E-state index contributed by atoms with van der Waals surface area (Å²) in [5, 5.41) is 0. The van der Waals surface area contributed by atoms with Crippen LogP contribution in [0.1, 0.15) is 25.7 Å². The molecule has 10 aliphatic rings. The number of rotatable bonds is 0. The van der Waals surface area contributed by atoms with Gasteiger partial charge < -0.3 is 0 Å². The van der Waals surface area contributed by atoms with Crippen molar-refractivity contribution in [1.29, 1.82) is 0 Å². The first-order valence-corrected chi connectivity index (χ1v) is 16.8. The van der Waals surface area contributed by atoms with Crippen LogP contribution in [0.2, 0.25) is 0 Å². The number of aliphatic imine (C=N–C) groups is 8. The Kier molecular flexibility index (Phi) is 10.2. The third-order valence-corrected chi connectivity index (χ3v) is 8.37. The Labute approximate surface area is 314 Å². The molecule has 9 nitrogen and oxygen atoms in total. The summed E-state index contributed by atoms with van der Waals surface area (Å²) in [7, 11) is 0. The molecule has 0 radical (unpaired) electrons. The third kappa shape index (κ3) is 8.32. The topological polar surface area (TPSA) is 116 Å². The second-order valence-corrected chi connectivity index (χ2v) is 12.1. The molecule has 10 heterocycles. The summed E-state index contributed by atoms with van der Waals surface area (Å²) < 4.78 is 8.19. The molecule has 0 aromatic rings. The minimum absolute atomic E-state index is 0. The number of fused-ring (bicyclic) bond motifs is 8. The average Bonchev–Trinajstić information content (AvgIpc) is 3.95. The van der Waals surface area contributed by atoms with E-state index in [9.17, 15) is 0 Å². The van der Waals surface area contributed by atoms with Gasteiger partial charge in [-0.2, -0.15) is 0 Å². The standard InChI is InChI=1S/2C20H14N4.Ni.O.V/c2*1-2-14-10-16-5-6-18(23-16)12-20-8-7-19(24-20)11-17-4-3-15(22-17)9-13(1)21-14;;;/h2*1-7,10-12H,8-9H2;;;. The van der Waals surface area contributed by atoms with E-state index in [-0.39, 0.29) is 16.5 Å². The van der Waals surface area contributed by atoms with Gasteiger partial charge in [0.05, 0.1) is 57.0 Å². The molecule has 51 heavy (non-hydrogen) atoms. The number of hydrogen-bond acceptors (Lipinski definition) is 9. The molecule has 10 aliphatic heterocycles. The first kappa shape index (κ1) is 34.1. The zero-order valence-corrected chi connectivity index (χ0v) is 29.5. The van der Waals surface area contributed by atoms with Gasteiger partial charge in [0.15, 0.2) is 0 Å². The fourth-order valence-electron chi connectivity index (χ4n) is 6.13. The zero-order valence-electron chi connectivity index (χ0n) is 27.1. The van der Waals surface area contributed by atoms with Crippen molar-refractivity contribution < 1.29 is 37.5 Å². The number of hydrogen-bond donors (Lipinski definition) is 0. The molecule has 0 fully saturated rings. The molecule has 0 aliphatic carbocycles. The first-order chi connectivity index (χ1) is 24.6. The van der Waals surface area contributed by atoms with Crippen molar-refractivity contribution in [3.05, 3.63) is 167 Å². The van der Waals surface area contributed by atoms with Crippen LogP contribution in [0.3, 0.4) is 0 Å². The second kappa shape index (κ2) is 15.2. The van der Waals surface area contributed by atoms with E-state index in [1.807, 2.05) is 97.2 Å². The van der Waals surface area contributed by atoms with Crippen molar-refractivity contribution in [3.8, 4) is 0 Å². The van der Waals surface area contributed by atoms with Gasteiger partial charge in [0.25, 0.3) is 0 Å². The maximum atomic E-state index is 8.19. The van der Waals surface area contributed by atoms with Gasteiger partial charge in [-0.15, -0.1) is 0 Å².